The van der Waals surface area contributed by atoms with Gasteiger partial charge in [-0.25, -0.2) is 0 Å². The number of anilines is 3. The molecule has 0 saturated carbocycles. The Hall–Kier alpha value is -5.86. The minimum Gasteiger partial charge on any atom is -0.454 e. The van der Waals surface area contributed by atoms with Gasteiger partial charge < -0.3 is 9.32 Å². The van der Waals surface area contributed by atoms with Gasteiger partial charge in [0.05, 0.1) is 11.1 Å². The van der Waals surface area contributed by atoms with E-state index in [1.807, 2.05) is 0 Å². The third-order valence-corrected chi connectivity index (χ3v) is 11.8. The zero-order valence-electron chi connectivity index (χ0n) is 31.3. The van der Waals surface area contributed by atoms with Crippen LogP contribution in [0.5, 0.6) is 0 Å². The Kier molecular flexibility index (Phi) is 6.65. The van der Waals surface area contributed by atoms with Crippen molar-refractivity contribution in [2.45, 2.75) is 57.8 Å². The van der Waals surface area contributed by atoms with Gasteiger partial charge in [0, 0.05) is 27.7 Å². The van der Waals surface area contributed by atoms with E-state index in [4.69, 9.17) is 4.42 Å². The van der Waals surface area contributed by atoms with E-state index in [9.17, 15) is 0 Å². The van der Waals surface area contributed by atoms with E-state index >= 15 is 0 Å². The molecule has 2 aliphatic rings. The normalized spacial score (nSPS) is 14.0. The number of furan rings is 1. The van der Waals surface area contributed by atoms with Crippen LogP contribution in [0.3, 0.4) is 0 Å². The van der Waals surface area contributed by atoms with Crippen LogP contribution in [0, 0.1) is 0 Å². The minimum atomic E-state index is -0.488. The summed E-state index contributed by atoms with van der Waals surface area (Å²) in [5, 5.41) is 2.26. The summed E-state index contributed by atoms with van der Waals surface area (Å²) in [7, 11) is 0. The van der Waals surface area contributed by atoms with Crippen molar-refractivity contribution in [2.75, 3.05) is 4.90 Å². The summed E-state index contributed by atoms with van der Waals surface area (Å²) >= 11 is 0. The molecule has 258 valence electrons. The molecule has 53 heavy (non-hydrogen) atoms. The second-order valence-corrected chi connectivity index (χ2v) is 16.9. The average Bonchev–Trinajstić information content (AvgIpc) is 3.79. The van der Waals surface area contributed by atoms with E-state index in [-0.39, 0.29) is 10.8 Å². The molecule has 2 nitrogen and oxygen atoms in total. The van der Waals surface area contributed by atoms with Crippen LogP contribution < -0.4 is 4.90 Å². The highest BCUT2D eigenvalue weighted by molar-refractivity contribution is 6.17. The molecule has 0 atom stereocenters. The van der Waals surface area contributed by atoms with Crippen LogP contribution in [-0.2, 0) is 16.2 Å². The molecule has 0 bridgehead atoms. The van der Waals surface area contributed by atoms with Crippen LogP contribution in [-0.4, -0.2) is 0 Å². The lowest BCUT2D eigenvalue weighted by Gasteiger charge is -2.32. The number of fused-ring (bicyclic) bond motifs is 13. The summed E-state index contributed by atoms with van der Waals surface area (Å²) in [5.41, 5.74) is 17.6. The van der Waals surface area contributed by atoms with Crippen molar-refractivity contribution in [3.05, 3.63) is 185 Å². The van der Waals surface area contributed by atoms with Crippen molar-refractivity contribution in [1.82, 2.24) is 0 Å². The first-order valence-corrected chi connectivity index (χ1v) is 18.9. The Morgan fingerprint density at radius 2 is 0.906 bits per heavy atom. The first-order chi connectivity index (χ1) is 25.6. The fourth-order valence-electron chi connectivity index (χ4n) is 9.24. The van der Waals surface area contributed by atoms with Gasteiger partial charge in [0.15, 0.2) is 5.58 Å². The van der Waals surface area contributed by atoms with Crippen LogP contribution in [0.25, 0.3) is 44.2 Å². The number of nitrogens with zero attached hydrogens (tertiary/aromatic N) is 1. The highest BCUT2D eigenvalue weighted by Gasteiger charge is 2.53. The number of hydrogen-bond acceptors (Lipinski definition) is 2. The molecule has 0 radical (unpaired) electrons. The van der Waals surface area contributed by atoms with Gasteiger partial charge in [-0.15, -0.1) is 0 Å². The molecule has 0 fully saturated rings. The van der Waals surface area contributed by atoms with E-state index in [0.29, 0.717) is 0 Å². The number of para-hydroxylation sites is 1. The molecule has 2 heteroatoms. The lowest BCUT2D eigenvalue weighted by molar-refractivity contribution is 0.590. The second kappa shape index (κ2) is 11.1. The van der Waals surface area contributed by atoms with E-state index in [1.54, 1.807) is 0 Å². The van der Waals surface area contributed by atoms with E-state index in [0.717, 1.165) is 39.0 Å². The standard InChI is InChI=1S/C51H43NO/c1-49(2,3)32-23-27-34(28-24-32)52(35-29-25-33(26-30-35)50(4,5)6)47-46-39-18-9-13-21-43(39)51(41-19-11-7-15-36(41)37-16-8-12-20-42(37)51)44(46)31-40-38-17-10-14-22-45(38)53-48(40)47/h7-31H,1-6H3. The van der Waals surface area contributed by atoms with E-state index < -0.39 is 5.41 Å². The molecule has 1 aromatic heterocycles. The van der Waals surface area contributed by atoms with Gasteiger partial charge in [0.2, 0.25) is 0 Å². The lowest BCUT2D eigenvalue weighted by atomic mass is 9.70. The Morgan fingerprint density at radius 1 is 0.453 bits per heavy atom. The van der Waals surface area contributed by atoms with E-state index in [1.165, 1.54) is 55.6 Å². The smallest absolute Gasteiger partial charge is 0.160 e. The predicted octanol–water partition coefficient (Wildman–Crippen LogP) is 14.0. The first-order valence-electron chi connectivity index (χ1n) is 18.9. The van der Waals surface area contributed by atoms with Gasteiger partial charge in [-0.05, 0) is 97.3 Å². The van der Waals surface area contributed by atoms with Crippen LogP contribution in [0.2, 0.25) is 0 Å². The number of benzene rings is 7. The van der Waals surface area contributed by atoms with Crippen molar-refractivity contribution >= 4 is 39.0 Å². The zero-order chi connectivity index (χ0) is 36.3. The second-order valence-electron chi connectivity index (χ2n) is 16.9. The maximum absolute atomic E-state index is 7.05. The molecule has 7 aromatic carbocycles. The van der Waals surface area contributed by atoms with Gasteiger partial charge in [-0.2, -0.15) is 0 Å². The van der Waals surface area contributed by atoms with Crippen molar-refractivity contribution in [1.29, 1.82) is 0 Å². The van der Waals surface area contributed by atoms with Gasteiger partial charge >= 0.3 is 0 Å². The maximum atomic E-state index is 7.05. The average molecular weight is 686 g/mol. The summed E-state index contributed by atoms with van der Waals surface area (Å²) < 4.78 is 7.05. The molecule has 8 aromatic rings. The molecular formula is C51H43NO. The largest absolute Gasteiger partial charge is 0.454 e. The highest BCUT2D eigenvalue weighted by atomic mass is 16.3. The maximum Gasteiger partial charge on any atom is 0.160 e. The Labute approximate surface area is 312 Å². The molecule has 0 amide bonds. The van der Waals surface area contributed by atoms with Crippen molar-refractivity contribution in [3.8, 4) is 22.3 Å². The molecule has 0 N–H and O–H groups in total. The summed E-state index contributed by atoms with van der Waals surface area (Å²) in [6, 6.07) is 56.5. The van der Waals surface area contributed by atoms with Gasteiger partial charge in [0.25, 0.3) is 0 Å². The van der Waals surface area contributed by atoms with Crippen LogP contribution in [0.15, 0.2) is 156 Å². The van der Waals surface area contributed by atoms with Gasteiger partial charge in [-0.3, -0.25) is 0 Å². The Morgan fingerprint density at radius 3 is 1.43 bits per heavy atom. The minimum absolute atomic E-state index is 0.0340. The van der Waals surface area contributed by atoms with Crippen molar-refractivity contribution < 1.29 is 4.42 Å². The van der Waals surface area contributed by atoms with Gasteiger partial charge in [-0.1, -0.05) is 157 Å². The molecule has 1 spiro atoms. The summed E-state index contributed by atoms with van der Waals surface area (Å²) in [5.74, 6) is 0. The molecule has 2 aliphatic carbocycles. The van der Waals surface area contributed by atoms with Crippen LogP contribution in [0.1, 0.15) is 74.9 Å². The molecule has 1 heterocycles. The summed E-state index contributed by atoms with van der Waals surface area (Å²) in [4.78, 5) is 2.46. The highest BCUT2D eigenvalue weighted by Crippen LogP contribution is 2.66. The number of hydrogen-bond donors (Lipinski definition) is 0. The van der Waals surface area contributed by atoms with Gasteiger partial charge in [0.1, 0.15) is 5.58 Å². The fourth-order valence-corrected chi connectivity index (χ4v) is 9.24. The quantitative estimate of drug-likeness (QED) is 0.184. The summed E-state index contributed by atoms with van der Waals surface area (Å²) in [6.45, 7) is 13.7. The number of rotatable bonds is 3. The molecule has 0 aliphatic heterocycles. The zero-order valence-corrected chi connectivity index (χ0v) is 31.3. The SMILES string of the molecule is CC(C)(C)c1ccc(N(c2ccc(C(C)(C)C)cc2)c2c3c(cc4c2oc2ccccc24)C2(c4ccccc4-c4ccccc42)c2ccccc2-3)cc1. The topological polar surface area (TPSA) is 16.4 Å². The van der Waals surface area contributed by atoms with Crippen molar-refractivity contribution in [3.63, 3.8) is 0 Å². The van der Waals surface area contributed by atoms with E-state index in [2.05, 4.69) is 198 Å². The monoisotopic (exact) mass is 685 g/mol. The third-order valence-electron chi connectivity index (χ3n) is 11.8. The Balaban J connectivity index is 1.38. The Bertz CT molecular complexity index is 2630. The first kappa shape index (κ1) is 31.8. The lowest BCUT2D eigenvalue weighted by Crippen LogP contribution is -2.26. The molecule has 0 saturated heterocycles. The predicted molar refractivity (Wildman–Crippen MR) is 222 cm³/mol. The molecule has 0 unspecified atom stereocenters. The molecular weight excluding hydrogens is 643 g/mol. The van der Waals surface area contributed by atoms with Crippen LogP contribution >= 0.6 is 0 Å². The van der Waals surface area contributed by atoms with Crippen LogP contribution in [0.4, 0.5) is 17.1 Å². The summed E-state index contributed by atoms with van der Waals surface area (Å²) in [6.07, 6.45) is 0. The fraction of sp³-hybridized carbons (Fsp3) is 0.176. The third kappa shape index (κ3) is 4.45. The van der Waals surface area contributed by atoms with Crippen molar-refractivity contribution in [2.24, 2.45) is 0 Å². The molecule has 10 rings (SSSR count).